The lowest BCUT2D eigenvalue weighted by atomic mass is 9.89. The van der Waals surface area contributed by atoms with Gasteiger partial charge in [-0.15, -0.1) is 0 Å². The highest BCUT2D eigenvalue weighted by atomic mass is 32.1. The molecule has 1 aliphatic rings. The molecular weight excluding hydrogens is 422 g/mol. The number of hydrogen-bond acceptors (Lipinski definition) is 4. The normalized spacial score (nSPS) is 12.4. The molecule has 0 aromatic heterocycles. The summed E-state index contributed by atoms with van der Waals surface area (Å²) in [4.78, 5) is 12.8. The highest BCUT2D eigenvalue weighted by Gasteiger charge is 2.25. The summed E-state index contributed by atoms with van der Waals surface area (Å²) in [5, 5.41) is 24.7. The van der Waals surface area contributed by atoms with Gasteiger partial charge in [0.05, 0.1) is 10.6 Å². The van der Waals surface area contributed by atoms with E-state index in [-0.39, 0.29) is 16.7 Å². The van der Waals surface area contributed by atoms with Gasteiger partial charge in [0.2, 0.25) is 0 Å². The Balaban J connectivity index is 2.03. The molecule has 0 fully saturated rings. The summed E-state index contributed by atoms with van der Waals surface area (Å²) >= 11 is 5.52. The molecule has 0 radical (unpaired) electrons. The third kappa shape index (κ3) is 3.97. The van der Waals surface area contributed by atoms with Crippen LogP contribution in [0.3, 0.4) is 0 Å². The van der Waals surface area contributed by atoms with E-state index >= 15 is 0 Å². The summed E-state index contributed by atoms with van der Waals surface area (Å²) in [7, 11) is 0. The maximum Gasteiger partial charge on any atom is 0.336 e. The molecule has 0 unspecified atom stereocenters. The zero-order valence-electron chi connectivity index (χ0n) is 18.0. The van der Waals surface area contributed by atoms with E-state index < -0.39 is 5.97 Å². The van der Waals surface area contributed by atoms with Gasteiger partial charge in [0.15, 0.2) is 0 Å². The third-order valence-corrected chi connectivity index (χ3v) is 5.94. The number of anilines is 1. The maximum absolute atomic E-state index is 12.1. The minimum Gasteiger partial charge on any atom is -0.508 e. The van der Waals surface area contributed by atoms with E-state index in [0.717, 1.165) is 10.4 Å². The Morgan fingerprint density at radius 2 is 1.75 bits per heavy atom. The molecule has 0 amide bonds. The summed E-state index contributed by atoms with van der Waals surface area (Å²) in [6.45, 7) is 9.99. The van der Waals surface area contributed by atoms with Crippen molar-refractivity contribution in [2.75, 3.05) is 5.32 Å². The first-order valence-corrected chi connectivity index (χ1v) is 10.5. The van der Waals surface area contributed by atoms with Crippen LogP contribution in [-0.2, 0) is 0 Å². The molecule has 0 bridgehead atoms. The maximum atomic E-state index is 12.1. The lowest BCUT2D eigenvalue weighted by molar-refractivity contribution is 0.0696. The van der Waals surface area contributed by atoms with E-state index in [2.05, 4.69) is 11.9 Å². The van der Waals surface area contributed by atoms with Crippen molar-refractivity contribution in [3.05, 3.63) is 81.7 Å². The van der Waals surface area contributed by atoms with E-state index in [4.69, 9.17) is 17.0 Å². The number of phenols is 1. The zero-order chi connectivity index (χ0) is 23.2. The summed E-state index contributed by atoms with van der Waals surface area (Å²) in [5.74, 6) is 0.00449. The molecule has 0 aliphatic carbocycles. The van der Waals surface area contributed by atoms with E-state index in [1.165, 1.54) is 6.07 Å². The molecular formula is C26H23NO4S. The number of fused-ring (bicyclic) bond motifs is 2. The van der Waals surface area contributed by atoms with Crippen LogP contribution in [0.5, 0.6) is 17.2 Å². The second kappa shape index (κ2) is 7.80. The molecule has 4 rings (SSSR count). The van der Waals surface area contributed by atoms with E-state index in [0.29, 0.717) is 38.9 Å². The monoisotopic (exact) mass is 445 g/mol. The zero-order valence-corrected chi connectivity index (χ0v) is 18.8. The number of rotatable bonds is 3. The van der Waals surface area contributed by atoms with Crippen LogP contribution in [-0.4, -0.2) is 21.2 Å². The van der Waals surface area contributed by atoms with Crippen molar-refractivity contribution in [3.63, 3.8) is 0 Å². The predicted molar refractivity (Wildman–Crippen MR) is 130 cm³/mol. The van der Waals surface area contributed by atoms with Crippen LogP contribution in [0.2, 0.25) is 0 Å². The summed E-state index contributed by atoms with van der Waals surface area (Å²) in [6, 6.07) is 15.4. The fourth-order valence-electron chi connectivity index (χ4n) is 3.55. The molecule has 3 aromatic carbocycles. The van der Waals surface area contributed by atoms with Crippen LogP contribution in [0.4, 0.5) is 5.69 Å². The molecule has 6 heteroatoms. The lowest BCUT2D eigenvalue weighted by Crippen LogP contribution is -2.26. The second-order valence-corrected chi connectivity index (χ2v) is 9.17. The molecule has 1 heterocycles. The number of phenolic OH excluding ortho intramolecular Hbond substituents is 1. The summed E-state index contributed by atoms with van der Waals surface area (Å²) < 4.78 is 6.03. The highest BCUT2D eigenvalue weighted by molar-refractivity contribution is 7.80. The number of aromatic carboxylic acids is 1. The number of thiocarbonyl (C=S) groups is 1. The van der Waals surface area contributed by atoms with Crippen LogP contribution >= 0.6 is 12.2 Å². The van der Waals surface area contributed by atoms with Crippen molar-refractivity contribution in [1.29, 1.82) is 0 Å². The Morgan fingerprint density at radius 1 is 1.00 bits per heavy atom. The standard InChI is InChI=1S/C26H23NO4S/c1-14-5-8-18-21(11-14)31-22-13-16(28)7-10-19(22)23(18)20-12-15(6-9-17(20)24(29)30)27-25(32)26(2,3)4/h5-13,28H,1H2,2-4H3,(H,27,32)(H,29,30). The van der Waals surface area contributed by atoms with Gasteiger partial charge in [-0.2, -0.15) is 0 Å². The molecule has 32 heavy (non-hydrogen) atoms. The van der Waals surface area contributed by atoms with Crippen molar-refractivity contribution >= 4 is 41.0 Å². The van der Waals surface area contributed by atoms with Gasteiger partial charge in [0.25, 0.3) is 0 Å². The van der Waals surface area contributed by atoms with Crippen molar-refractivity contribution < 1.29 is 19.7 Å². The van der Waals surface area contributed by atoms with Gasteiger partial charge in [-0.1, -0.05) is 51.7 Å². The van der Waals surface area contributed by atoms with E-state index in [1.807, 2.05) is 32.9 Å². The number of carboxylic acid groups (broad SMARTS) is 1. The average Bonchev–Trinajstić information content (AvgIpc) is 2.70. The van der Waals surface area contributed by atoms with E-state index in [1.54, 1.807) is 36.4 Å². The molecule has 3 N–H and O–H groups in total. The molecule has 1 aliphatic heterocycles. The molecule has 0 saturated carbocycles. The predicted octanol–water partition coefficient (Wildman–Crippen LogP) is 4.64. The van der Waals surface area contributed by atoms with Gasteiger partial charge < -0.3 is 20.3 Å². The van der Waals surface area contributed by atoms with Gasteiger partial charge in [-0.3, -0.25) is 0 Å². The minimum atomic E-state index is -1.04. The van der Waals surface area contributed by atoms with Crippen LogP contribution in [0.15, 0.2) is 54.6 Å². The van der Waals surface area contributed by atoms with Crippen LogP contribution in [0.25, 0.3) is 12.2 Å². The topological polar surface area (TPSA) is 78.8 Å². The van der Waals surface area contributed by atoms with Crippen molar-refractivity contribution in [1.82, 2.24) is 0 Å². The van der Waals surface area contributed by atoms with Gasteiger partial charge in [-0.05, 0) is 47.2 Å². The fourth-order valence-corrected chi connectivity index (χ4v) is 3.67. The number of benzene rings is 3. The highest BCUT2D eigenvalue weighted by Crippen LogP contribution is 2.39. The molecule has 3 aromatic rings. The summed E-state index contributed by atoms with van der Waals surface area (Å²) in [6.07, 6.45) is 0. The average molecular weight is 446 g/mol. The minimum absolute atomic E-state index is 0.0572. The molecule has 162 valence electrons. The van der Waals surface area contributed by atoms with Gasteiger partial charge >= 0.3 is 5.97 Å². The van der Waals surface area contributed by atoms with Crippen molar-refractivity contribution in [2.24, 2.45) is 5.41 Å². The molecule has 0 saturated heterocycles. The SMILES string of the molecule is C=c1ccc2c(c1)Oc1cc(O)ccc1C=2c1cc(NC(=S)C(C)(C)C)ccc1C(=O)O. The third-order valence-electron chi connectivity index (χ3n) is 5.23. The van der Waals surface area contributed by atoms with Gasteiger partial charge in [-0.25, -0.2) is 4.79 Å². The first-order chi connectivity index (χ1) is 15.0. The number of aromatic hydroxyl groups is 1. The first-order valence-electron chi connectivity index (χ1n) is 10.1. The fraction of sp³-hybridized carbons (Fsp3) is 0.154. The van der Waals surface area contributed by atoms with Gasteiger partial charge in [0, 0.05) is 33.5 Å². The van der Waals surface area contributed by atoms with E-state index in [9.17, 15) is 15.0 Å². The van der Waals surface area contributed by atoms with Crippen LogP contribution < -0.4 is 20.5 Å². The van der Waals surface area contributed by atoms with Crippen LogP contribution in [0.1, 0.15) is 42.3 Å². The largest absolute Gasteiger partial charge is 0.508 e. The molecule has 5 nitrogen and oxygen atoms in total. The van der Waals surface area contributed by atoms with Crippen molar-refractivity contribution in [3.8, 4) is 17.2 Å². The Morgan fingerprint density at radius 3 is 2.44 bits per heavy atom. The smallest absolute Gasteiger partial charge is 0.336 e. The van der Waals surface area contributed by atoms with Crippen LogP contribution in [0, 0.1) is 5.41 Å². The Bertz CT molecular complexity index is 1390. The van der Waals surface area contributed by atoms with Gasteiger partial charge in [0.1, 0.15) is 17.2 Å². The lowest BCUT2D eigenvalue weighted by Gasteiger charge is -2.24. The van der Waals surface area contributed by atoms with Crippen molar-refractivity contribution in [2.45, 2.75) is 20.8 Å². The first kappa shape index (κ1) is 21.6. The Labute approximate surface area is 191 Å². The molecule has 0 spiro atoms. The number of nitrogens with one attached hydrogen (secondary N) is 1. The summed E-state index contributed by atoms with van der Waals surface area (Å²) in [5.41, 5.74) is 2.51. The quantitative estimate of drug-likeness (QED) is 0.399. The number of carbonyl (C=O) groups is 1. The number of ether oxygens (including phenoxy) is 1. The number of hydrogen-bond donors (Lipinski definition) is 3. The second-order valence-electron chi connectivity index (χ2n) is 8.76. The Hall–Kier alpha value is -3.64. The molecule has 0 atom stereocenters. The number of carboxylic acids is 1. The Kier molecular flexibility index (Phi) is 5.26.